The number of aryl methyl sites for hydroxylation is 1. The minimum atomic E-state index is -1.06. The van der Waals surface area contributed by atoms with Crippen LogP contribution in [0.15, 0.2) is 71.3 Å². The zero-order valence-corrected chi connectivity index (χ0v) is 23.4. The molecule has 2 aliphatic rings. The summed E-state index contributed by atoms with van der Waals surface area (Å²) in [6.07, 6.45) is 2.33. The predicted octanol–water partition coefficient (Wildman–Crippen LogP) is 4.62. The Kier molecular flexibility index (Phi) is 6.88. The van der Waals surface area contributed by atoms with Gasteiger partial charge in [0.2, 0.25) is 11.8 Å². The van der Waals surface area contributed by atoms with Crippen LogP contribution in [0.1, 0.15) is 47.2 Å². The number of carbonyl (C=O) groups is 2. The van der Waals surface area contributed by atoms with Crippen molar-refractivity contribution in [2.45, 2.75) is 38.4 Å². The number of piperidine rings is 1. The number of hydrogen-bond acceptors (Lipinski definition) is 8. The molecule has 3 atom stereocenters. The molecule has 2 aromatic carbocycles. The van der Waals surface area contributed by atoms with Crippen molar-refractivity contribution >= 4 is 28.6 Å². The van der Waals surface area contributed by atoms with Gasteiger partial charge in [0.15, 0.2) is 11.4 Å². The van der Waals surface area contributed by atoms with Gasteiger partial charge < -0.3 is 14.6 Å². The molecule has 3 aromatic heterocycles. The summed E-state index contributed by atoms with van der Waals surface area (Å²) in [6.45, 7) is 2.98. The number of nitrogens with zero attached hydrogens (tertiary/aromatic N) is 7. The molecule has 218 valence electrons. The Morgan fingerprint density at radius 1 is 1.07 bits per heavy atom. The number of tetrazole rings is 1. The quantitative estimate of drug-likeness (QED) is 0.295. The fraction of sp³-hybridized carbons (Fsp3) is 0.323. The van der Waals surface area contributed by atoms with Crippen molar-refractivity contribution in [1.82, 2.24) is 35.1 Å². The summed E-state index contributed by atoms with van der Waals surface area (Å²) >= 11 is 0. The maximum absolute atomic E-state index is 13.5. The number of hydrogen-bond donors (Lipinski definition) is 1. The zero-order chi connectivity index (χ0) is 29.5. The standard InChI is InChI=1S/C31H29FN8O3/c1-18-36-38-40(37-18)28(19-5-3-2-4-6-19)20-10-13-39(14-11-20)31(42)26-15-21(9-12-33-26)30-35-25-16-22(7-8-27(25)43-30)34-29(41)23-17-24(23)32/h2-9,12,15-16,20,23-24,28H,10-11,13-14,17H2,1H3,(H,34,41)/t23-,24+,28-/m1/s1. The van der Waals surface area contributed by atoms with E-state index in [9.17, 15) is 14.0 Å². The molecule has 2 amide bonds. The van der Waals surface area contributed by atoms with Crippen molar-refractivity contribution in [1.29, 1.82) is 0 Å². The van der Waals surface area contributed by atoms with Crippen LogP contribution < -0.4 is 5.32 Å². The summed E-state index contributed by atoms with van der Waals surface area (Å²) in [5.41, 5.74) is 3.63. The largest absolute Gasteiger partial charge is 0.436 e. The van der Waals surface area contributed by atoms with E-state index in [1.807, 2.05) is 30.0 Å². The van der Waals surface area contributed by atoms with Crippen LogP contribution in [0.4, 0.5) is 10.1 Å². The lowest BCUT2D eigenvalue weighted by Gasteiger charge is -2.35. The topological polar surface area (TPSA) is 132 Å². The monoisotopic (exact) mass is 580 g/mol. The van der Waals surface area contributed by atoms with E-state index in [0.29, 0.717) is 52.8 Å². The normalized spacial score (nSPS) is 19.3. The van der Waals surface area contributed by atoms with Crippen molar-refractivity contribution < 1.29 is 18.4 Å². The Balaban J connectivity index is 1.05. The van der Waals surface area contributed by atoms with Gasteiger partial charge in [0, 0.05) is 30.5 Å². The minimum Gasteiger partial charge on any atom is -0.436 e. The van der Waals surface area contributed by atoms with Crippen molar-refractivity contribution in [3.8, 4) is 11.5 Å². The van der Waals surface area contributed by atoms with Crippen LogP contribution in [0.25, 0.3) is 22.6 Å². The first kappa shape index (κ1) is 26.9. The summed E-state index contributed by atoms with van der Waals surface area (Å²) in [7, 11) is 0. The van der Waals surface area contributed by atoms with Crippen LogP contribution in [-0.2, 0) is 4.79 Å². The molecule has 1 saturated heterocycles. The molecule has 1 N–H and O–H groups in total. The van der Waals surface area contributed by atoms with Crippen LogP contribution in [-0.4, -0.2) is 66.2 Å². The second-order valence-corrected chi connectivity index (χ2v) is 11.1. The highest BCUT2D eigenvalue weighted by atomic mass is 19.1. The Bertz CT molecular complexity index is 1800. The zero-order valence-electron chi connectivity index (χ0n) is 23.4. The van der Waals surface area contributed by atoms with Gasteiger partial charge in [-0.2, -0.15) is 4.80 Å². The lowest BCUT2D eigenvalue weighted by Crippen LogP contribution is -2.41. The molecule has 1 saturated carbocycles. The fourth-order valence-electron chi connectivity index (χ4n) is 5.72. The first-order valence-corrected chi connectivity index (χ1v) is 14.4. The lowest BCUT2D eigenvalue weighted by molar-refractivity contribution is -0.117. The SMILES string of the molecule is Cc1nnn([C@H](c2ccccc2)C2CCN(C(=O)c3cc(-c4nc5cc(NC(=O)[C@@H]6C[C@@H]6F)ccc5o4)ccn3)CC2)n1. The van der Waals surface area contributed by atoms with Crippen LogP contribution in [0.2, 0.25) is 0 Å². The van der Waals surface area contributed by atoms with Crippen LogP contribution in [0.3, 0.4) is 0 Å². The third-order valence-corrected chi connectivity index (χ3v) is 8.12. The number of carbonyl (C=O) groups excluding carboxylic acids is 2. The smallest absolute Gasteiger partial charge is 0.272 e. The van der Waals surface area contributed by atoms with Crippen molar-refractivity contribution in [3.05, 3.63) is 83.9 Å². The van der Waals surface area contributed by atoms with Crippen molar-refractivity contribution in [3.63, 3.8) is 0 Å². The molecule has 1 aliphatic heterocycles. The molecule has 11 nitrogen and oxygen atoms in total. The van der Waals surface area contributed by atoms with E-state index in [0.717, 1.165) is 18.4 Å². The number of benzene rings is 2. The lowest BCUT2D eigenvalue weighted by atomic mass is 9.85. The molecule has 2 fully saturated rings. The fourth-order valence-corrected chi connectivity index (χ4v) is 5.72. The molecule has 12 heteroatoms. The Labute approximate surface area is 246 Å². The predicted molar refractivity (Wildman–Crippen MR) is 155 cm³/mol. The highest BCUT2D eigenvalue weighted by Gasteiger charge is 2.43. The summed E-state index contributed by atoms with van der Waals surface area (Å²) < 4.78 is 19.2. The van der Waals surface area contributed by atoms with Gasteiger partial charge in [-0.15, -0.1) is 10.2 Å². The number of pyridine rings is 1. The minimum absolute atomic E-state index is 0.0663. The van der Waals surface area contributed by atoms with Gasteiger partial charge in [-0.25, -0.2) is 9.37 Å². The highest BCUT2D eigenvalue weighted by Crippen LogP contribution is 2.36. The van der Waals surface area contributed by atoms with Crippen molar-refractivity contribution in [2.75, 3.05) is 18.4 Å². The van der Waals surface area contributed by atoms with E-state index in [1.165, 1.54) is 0 Å². The van der Waals surface area contributed by atoms with Gasteiger partial charge in [-0.1, -0.05) is 30.3 Å². The summed E-state index contributed by atoms with van der Waals surface area (Å²) in [4.78, 5) is 38.1. The number of alkyl halides is 1. The number of halogens is 1. The molecule has 0 radical (unpaired) electrons. The molecular formula is C31H29FN8O3. The molecular weight excluding hydrogens is 551 g/mol. The second kappa shape index (κ2) is 11.0. The van der Waals surface area contributed by atoms with Gasteiger partial charge >= 0.3 is 0 Å². The number of anilines is 1. The van der Waals surface area contributed by atoms with Gasteiger partial charge in [0.25, 0.3) is 5.91 Å². The van der Waals surface area contributed by atoms with Crippen molar-refractivity contribution in [2.24, 2.45) is 11.8 Å². The number of nitrogens with one attached hydrogen (secondary N) is 1. The second-order valence-electron chi connectivity index (χ2n) is 11.1. The average Bonchev–Trinajstić information content (AvgIpc) is 3.39. The van der Waals surface area contributed by atoms with Crippen LogP contribution >= 0.6 is 0 Å². The molecule has 5 aromatic rings. The van der Waals surface area contributed by atoms with E-state index in [2.05, 4.69) is 42.8 Å². The number of likely N-dealkylation sites (tertiary alicyclic amines) is 1. The number of amides is 2. The summed E-state index contributed by atoms with van der Waals surface area (Å²) in [5.74, 6) is 0.117. The first-order valence-electron chi connectivity index (χ1n) is 14.4. The molecule has 0 spiro atoms. The maximum Gasteiger partial charge on any atom is 0.272 e. The average molecular weight is 581 g/mol. The summed E-state index contributed by atoms with van der Waals surface area (Å²) in [5, 5.41) is 15.6. The Morgan fingerprint density at radius 2 is 1.86 bits per heavy atom. The third kappa shape index (κ3) is 5.47. The van der Waals surface area contributed by atoms with Gasteiger partial charge in [0.05, 0.1) is 5.92 Å². The molecule has 0 unspecified atom stereocenters. The van der Waals surface area contributed by atoms with E-state index in [1.54, 1.807) is 41.3 Å². The first-order chi connectivity index (χ1) is 20.9. The van der Waals surface area contributed by atoms with E-state index >= 15 is 0 Å². The number of aromatic nitrogens is 6. The highest BCUT2D eigenvalue weighted by molar-refractivity contribution is 5.96. The van der Waals surface area contributed by atoms with E-state index < -0.39 is 12.1 Å². The van der Waals surface area contributed by atoms with E-state index in [-0.39, 0.29) is 30.2 Å². The van der Waals surface area contributed by atoms with Gasteiger partial charge in [0.1, 0.15) is 23.4 Å². The van der Waals surface area contributed by atoms with Crippen LogP contribution in [0.5, 0.6) is 0 Å². The Morgan fingerprint density at radius 3 is 2.58 bits per heavy atom. The summed E-state index contributed by atoms with van der Waals surface area (Å²) in [6, 6.07) is 18.6. The van der Waals surface area contributed by atoms with Gasteiger partial charge in [-0.3, -0.25) is 14.6 Å². The Hall–Kier alpha value is -5.00. The molecule has 0 bridgehead atoms. The number of rotatable bonds is 7. The number of oxazole rings is 1. The van der Waals surface area contributed by atoms with E-state index in [4.69, 9.17) is 4.42 Å². The van der Waals surface area contributed by atoms with Crippen LogP contribution in [0, 0.1) is 18.8 Å². The molecule has 1 aliphatic carbocycles. The molecule has 4 heterocycles. The third-order valence-electron chi connectivity index (χ3n) is 8.12. The molecule has 43 heavy (non-hydrogen) atoms. The van der Waals surface area contributed by atoms with Gasteiger partial charge in [-0.05, 0) is 73.2 Å². The maximum atomic E-state index is 13.5. The molecule has 7 rings (SSSR count). The number of fused-ring (bicyclic) bond motifs is 1.